The Kier molecular flexibility index (Phi) is 3.93. The van der Waals surface area contributed by atoms with E-state index in [9.17, 15) is 4.79 Å². The molecule has 0 unspecified atom stereocenters. The van der Waals surface area contributed by atoms with E-state index >= 15 is 0 Å². The first-order valence-electron chi connectivity index (χ1n) is 4.25. The van der Waals surface area contributed by atoms with Gasteiger partial charge in [-0.2, -0.15) is 0 Å². The predicted molar refractivity (Wildman–Crippen MR) is 60.1 cm³/mol. The molecule has 0 bridgehead atoms. The zero-order chi connectivity index (χ0) is 11.5. The van der Waals surface area contributed by atoms with E-state index in [1.54, 1.807) is 20.0 Å². The maximum atomic E-state index is 10.8. The van der Waals surface area contributed by atoms with Crippen LogP contribution < -0.4 is 0 Å². The molecule has 0 atom stereocenters. The number of aliphatic carboxylic acids is 1. The van der Waals surface area contributed by atoms with Crippen molar-refractivity contribution in [1.82, 2.24) is 9.97 Å². The molecule has 82 valence electrons. The molecule has 15 heavy (non-hydrogen) atoms. The number of aromatic nitrogens is 2. The molecule has 4 nitrogen and oxygen atoms in total. The second-order valence-electron chi connectivity index (χ2n) is 3.43. The summed E-state index contributed by atoms with van der Waals surface area (Å²) in [5, 5.41) is 9.22. The van der Waals surface area contributed by atoms with Crippen LogP contribution >= 0.6 is 23.4 Å². The van der Waals surface area contributed by atoms with Gasteiger partial charge in [0.2, 0.25) is 0 Å². The van der Waals surface area contributed by atoms with Gasteiger partial charge in [0.1, 0.15) is 9.90 Å². The van der Waals surface area contributed by atoms with Gasteiger partial charge in [0.15, 0.2) is 0 Å². The fraction of sp³-hybridized carbons (Fsp3) is 0.444. The lowest BCUT2D eigenvalue weighted by Crippen LogP contribution is -2.27. The molecule has 0 radical (unpaired) electrons. The second kappa shape index (κ2) is 4.81. The SMILES string of the molecule is CC(C)(SCc1cnc(Cl)cn1)C(=O)O. The highest BCUT2D eigenvalue weighted by Crippen LogP contribution is 2.27. The Hall–Kier alpha value is -0.810. The van der Waals surface area contributed by atoms with Gasteiger partial charge in [-0.3, -0.25) is 9.78 Å². The zero-order valence-corrected chi connectivity index (χ0v) is 9.97. The zero-order valence-electron chi connectivity index (χ0n) is 8.40. The number of hydrogen-bond donors (Lipinski definition) is 1. The summed E-state index contributed by atoms with van der Waals surface area (Å²) in [6, 6.07) is 0. The predicted octanol–water partition coefficient (Wildman–Crippen LogP) is 2.23. The molecule has 1 aromatic rings. The molecule has 0 spiro atoms. The van der Waals surface area contributed by atoms with Crippen LogP contribution in [0.5, 0.6) is 0 Å². The first kappa shape index (κ1) is 12.3. The van der Waals surface area contributed by atoms with Crippen molar-refractivity contribution in [2.75, 3.05) is 0 Å². The number of rotatable bonds is 4. The molecule has 1 heterocycles. The smallest absolute Gasteiger partial charge is 0.319 e. The fourth-order valence-corrected chi connectivity index (χ4v) is 1.61. The minimum atomic E-state index is -0.838. The molecule has 1 N–H and O–H groups in total. The monoisotopic (exact) mass is 246 g/mol. The Morgan fingerprint density at radius 3 is 2.67 bits per heavy atom. The van der Waals surface area contributed by atoms with Crippen molar-refractivity contribution in [2.24, 2.45) is 0 Å². The standard InChI is InChI=1S/C9H11ClN2O2S/c1-9(2,8(13)14)15-5-6-3-12-7(10)4-11-6/h3-4H,5H2,1-2H3,(H,13,14). The number of carbonyl (C=O) groups is 1. The van der Waals surface area contributed by atoms with Gasteiger partial charge in [-0.25, -0.2) is 4.98 Å². The van der Waals surface area contributed by atoms with Crippen LogP contribution in [-0.4, -0.2) is 25.8 Å². The van der Waals surface area contributed by atoms with Crippen LogP contribution in [0.15, 0.2) is 12.4 Å². The molecular weight excluding hydrogens is 236 g/mol. The van der Waals surface area contributed by atoms with E-state index in [0.717, 1.165) is 5.69 Å². The minimum absolute atomic E-state index is 0.334. The summed E-state index contributed by atoms with van der Waals surface area (Å²) in [6.07, 6.45) is 3.00. The van der Waals surface area contributed by atoms with Crippen molar-refractivity contribution in [3.05, 3.63) is 23.2 Å². The van der Waals surface area contributed by atoms with E-state index in [-0.39, 0.29) is 0 Å². The third kappa shape index (κ3) is 3.68. The van der Waals surface area contributed by atoms with Gasteiger partial charge in [0, 0.05) is 5.75 Å². The third-order valence-electron chi connectivity index (χ3n) is 1.77. The molecular formula is C9H11ClN2O2S. The van der Waals surface area contributed by atoms with Crippen LogP contribution in [0.25, 0.3) is 0 Å². The Morgan fingerprint density at radius 2 is 2.20 bits per heavy atom. The Labute approximate surface area is 97.1 Å². The van der Waals surface area contributed by atoms with Crippen LogP contribution in [0.1, 0.15) is 19.5 Å². The number of carboxylic acids is 1. The molecule has 0 saturated carbocycles. The summed E-state index contributed by atoms with van der Waals surface area (Å²) in [4.78, 5) is 18.7. The van der Waals surface area contributed by atoms with E-state index in [1.807, 2.05) is 0 Å². The Morgan fingerprint density at radius 1 is 1.53 bits per heavy atom. The minimum Gasteiger partial charge on any atom is -0.480 e. The summed E-state index contributed by atoms with van der Waals surface area (Å²) < 4.78 is -0.818. The molecule has 0 aliphatic heterocycles. The van der Waals surface area contributed by atoms with Gasteiger partial charge in [-0.05, 0) is 13.8 Å². The normalized spacial score (nSPS) is 11.4. The van der Waals surface area contributed by atoms with Gasteiger partial charge in [-0.15, -0.1) is 11.8 Å². The van der Waals surface area contributed by atoms with Gasteiger partial charge < -0.3 is 5.11 Å². The summed E-state index contributed by atoms with van der Waals surface area (Å²) in [7, 11) is 0. The van der Waals surface area contributed by atoms with Crippen molar-refractivity contribution in [3.63, 3.8) is 0 Å². The van der Waals surface area contributed by atoms with Crippen LogP contribution in [0.3, 0.4) is 0 Å². The van der Waals surface area contributed by atoms with E-state index in [4.69, 9.17) is 16.7 Å². The summed E-state index contributed by atoms with van der Waals surface area (Å²) >= 11 is 6.88. The summed E-state index contributed by atoms with van der Waals surface area (Å²) in [5.74, 6) is -0.335. The second-order valence-corrected chi connectivity index (χ2v) is 5.42. The van der Waals surface area contributed by atoms with E-state index in [2.05, 4.69) is 9.97 Å². The van der Waals surface area contributed by atoms with Crippen LogP contribution in [0, 0.1) is 0 Å². The lowest BCUT2D eigenvalue weighted by molar-refractivity contribution is -0.138. The van der Waals surface area contributed by atoms with Gasteiger partial charge in [0.05, 0.1) is 18.1 Å². The van der Waals surface area contributed by atoms with Gasteiger partial charge >= 0.3 is 5.97 Å². The van der Waals surface area contributed by atoms with Gasteiger partial charge in [0.25, 0.3) is 0 Å². The van der Waals surface area contributed by atoms with Crippen molar-refractivity contribution in [3.8, 4) is 0 Å². The van der Waals surface area contributed by atoms with Gasteiger partial charge in [-0.1, -0.05) is 11.6 Å². The average Bonchev–Trinajstić information content (AvgIpc) is 2.17. The topological polar surface area (TPSA) is 63.1 Å². The Balaban J connectivity index is 2.57. The van der Waals surface area contributed by atoms with E-state index in [0.29, 0.717) is 10.9 Å². The molecule has 6 heteroatoms. The maximum absolute atomic E-state index is 10.8. The number of hydrogen-bond acceptors (Lipinski definition) is 4. The van der Waals surface area contributed by atoms with Crippen molar-refractivity contribution >= 4 is 29.3 Å². The lowest BCUT2D eigenvalue weighted by atomic mass is 10.2. The molecule has 0 aromatic carbocycles. The lowest BCUT2D eigenvalue weighted by Gasteiger charge is -2.17. The van der Waals surface area contributed by atoms with E-state index in [1.165, 1.54) is 18.0 Å². The third-order valence-corrected chi connectivity index (χ3v) is 3.30. The van der Waals surface area contributed by atoms with E-state index < -0.39 is 10.7 Å². The molecule has 0 saturated heterocycles. The number of nitrogens with zero attached hydrogens (tertiary/aromatic N) is 2. The highest BCUT2D eigenvalue weighted by molar-refractivity contribution is 8.00. The van der Waals surface area contributed by atoms with Crippen LogP contribution in [-0.2, 0) is 10.5 Å². The van der Waals surface area contributed by atoms with Crippen LogP contribution in [0.2, 0.25) is 5.15 Å². The van der Waals surface area contributed by atoms with Crippen molar-refractivity contribution in [1.29, 1.82) is 0 Å². The summed E-state index contributed by atoms with van der Waals surface area (Å²) in [6.45, 7) is 3.31. The van der Waals surface area contributed by atoms with Crippen LogP contribution in [0.4, 0.5) is 0 Å². The molecule has 0 aliphatic rings. The molecule has 1 aromatic heterocycles. The summed E-state index contributed by atoms with van der Waals surface area (Å²) in [5.41, 5.74) is 0.721. The largest absolute Gasteiger partial charge is 0.480 e. The molecule has 0 fully saturated rings. The number of carboxylic acid groups (broad SMARTS) is 1. The number of halogens is 1. The fourth-order valence-electron chi connectivity index (χ4n) is 0.730. The quantitative estimate of drug-likeness (QED) is 0.883. The maximum Gasteiger partial charge on any atom is 0.319 e. The first-order chi connectivity index (χ1) is 6.92. The Bertz CT molecular complexity index is 354. The van der Waals surface area contributed by atoms with Crippen molar-refractivity contribution < 1.29 is 9.90 Å². The highest BCUT2D eigenvalue weighted by Gasteiger charge is 2.27. The molecule has 0 amide bonds. The first-order valence-corrected chi connectivity index (χ1v) is 5.62. The average molecular weight is 247 g/mol. The molecule has 1 rings (SSSR count). The van der Waals surface area contributed by atoms with Crippen molar-refractivity contribution in [2.45, 2.75) is 24.3 Å². The number of thioether (sulfide) groups is 1. The highest BCUT2D eigenvalue weighted by atomic mass is 35.5. The molecule has 0 aliphatic carbocycles.